The summed E-state index contributed by atoms with van der Waals surface area (Å²) in [4.78, 5) is 24.2. The van der Waals surface area contributed by atoms with Crippen LogP contribution in [0.15, 0.2) is 34.2 Å². The van der Waals surface area contributed by atoms with E-state index in [9.17, 15) is 9.59 Å². The summed E-state index contributed by atoms with van der Waals surface area (Å²) in [6.07, 6.45) is 0.691. The van der Waals surface area contributed by atoms with Gasteiger partial charge in [0.2, 0.25) is 5.91 Å². The topological polar surface area (TPSA) is 98.2 Å². The second-order valence-electron chi connectivity index (χ2n) is 5.52. The van der Waals surface area contributed by atoms with E-state index >= 15 is 0 Å². The lowest BCUT2D eigenvalue weighted by molar-refractivity contribution is -0.115. The number of methoxy groups -OCH3 is 1. The van der Waals surface area contributed by atoms with Gasteiger partial charge >= 0.3 is 5.69 Å². The minimum absolute atomic E-state index is 0.168. The van der Waals surface area contributed by atoms with E-state index in [0.717, 1.165) is 5.75 Å². The lowest BCUT2D eigenvalue weighted by atomic mass is 10.3. The van der Waals surface area contributed by atoms with E-state index in [2.05, 4.69) is 15.5 Å². The number of H-pyrrole nitrogens is 1. The van der Waals surface area contributed by atoms with Crippen molar-refractivity contribution in [3.05, 3.63) is 34.7 Å². The van der Waals surface area contributed by atoms with Crippen molar-refractivity contribution in [1.29, 1.82) is 0 Å². The lowest BCUT2D eigenvalue weighted by Gasteiger charge is -2.12. The second-order valence-corrected chi connectivity index (χ2v) is 6.82. The molecule has 26 heavy (non-hydrogen) atoms. The van der Waals surface area contributed by atoms with Gasteiger partial charge in [-0.25, -0.2) is 9.89 Å². The summed E-state index contributed by atoms with van der Waals surface area (Å²) in [6, 6.07) is 7.18. The number of hydrogen-bond acceptors (Lipinski definition) is 6. The number of carbonyl (C=O) groups is 1. The normalized spacial score (nSPS) is 12.0. The zero-order valence-corrected chi connectivity index (χ0v) is 16.0. The minimum atomic E-state index is -0.419. The van der Waals surface area contributed by atoms with Crippen LogP contribution in [0.25, 0.3) is 0 Å². The maximum Gasteiger partial charge on any atom is 0.343 e. The summed E-state index contributed by atoms with van der Waals surface area (Å²) in [7, 11) is 1.61. The number of ether oxygens (including phenoxy) is 2. The fourth-order valence-corrected chi connectivity index (χ4v) is 3.10. The number of hydrogen-bond donors (Lipinski definition) is 2. The molecule has 0 spiro atoms. The second kappa shape index (κ2) is 10.0. The van der Waals surface area contributed by atoms with Crippen LogP contribution >= 0.6 is 11.8 Å². The van der Waals surface area contributed by atoms with E-state index in [-0.39, 0.29) is 11.6 Å². The summed E-state index contributed by atoms with van der Waals surface area (Å²) < 4.78 is 11.9. The van der Waals surface area contributed by atoms with Gasteiger partial charge in [0.15, 0.2) is 5.16 Å². The van der Waals surface area contributed by atoms with Crippen LogP contribution in [0, 0.1) is 0 Å². The van der Waals surface area contributed by atoms with Gasteiger partial charge in [-0.1, -0.05) is 11.8 Å². The first kappa shape index (κ1) is 20.1. The molecule has 9 heteroatoms. The number of carbonyl (C=O) groups excluding carboxylic acids is 1. The number of aromatic nitrogens is 3. The summed E-state index contributed by atoms with van der Waals surface area (Å²) in [6.45, 7) is 5.31. The van der Waals surface area contributed by atoms with Gasteiger partial charge in [-0.3, -0.25) is 9.36 Å². The fraction of sp³-hybridized carbons (Fsp3) is 0.471. The van der Waals surface area contributed by atoms with Gasteiger partial charge in [-0.05, 0) is 44.5 Å². The molecule has 1 atom stereocenters. The molecule has 0 bridgehead atoms. The Morgan fingerprint density at radius 2 is 2.12 bits per heavy atom. The van der Waals surface area contributed by atoms with E-state index < -0.39 is 5.25 Å². The average Bonchev–Trinajstić information content (AvgIpc) is 2.97. The van der Waals surface area contributed by atoms with Crippen molar-refractivity contribution in [2.45, 2.75) is 37.2 Å². The number of rotatable bonds is 10. The highest BCUT2D eigenvalue weighted by Crippen LogP contribution is 2.22. The van der Waals surface area contributed by atoms with Crippen LogP contribution < -0.4 is 15.7 Å². The van der Waals surface area contributed by atoms with Gasteiger partial charge in [-0.2, -0.15) is 0 Å². The van der Waals surface area contributed by atoms with Crippen LogP contribution in [-0.2, 0) is 16.1 Å². The molecule has 8 nitrogen and oxygen atoms in total. The van der Waals surface area contributed by atoms with Crippen LogP contribution in [0.1, 0.15) is 20.3 Å². The molecule has 1 aromatic carbocycles. The molecule has 1 heterocycles. The molecule has 0 aliphatic heterocycles. The Labute approximate surface area is 156 Å². The first-order valence-electron chi connectivity index (χ1n) is 8.39. The molecule has 0 saturated heterocycles. The molecule has 2 N–H and O–H groups in total. The Morgan fingerprint density at radius 3 is 2.77 bits per heavy atom. The third-order valence-corrected chi connectivity index (χ3v) is 4.63. The maximum atomic E-state index is 12.4. The molecular weight excluding hydrogens is 356 g/mol. The van der Waals surface area contributed by atoms with Gasteiger partial charge in [0, 0.05) is 25.9 Å². The van der Waals surface area contributed by atoms with E-state index in [0.29, 0.717) is 37.0 Å². The predicted octanol–water partition coefficient (Wildman–Crippen LogP) is 2.13. The third kappa shape index (κ3) is 5.63. The zero-order valence-electron chi connectivity index (χ0n) is 15.2. The van der Waals surface area contributed by atoms with Crippen molar-refractivity contribution in [2.75, 3.05) is 25.6 Å². The number of thioether (sulfide) groups is 1. The number of nitrogens with zero attached hydrogens (tertiary/aromatic N) is 2. The predicted molar refractivity (Wildman–Crippen MR) is 101 cm³/mol. The Balaban J connectivity index is 1.95. The number of aromatic amines is 1. The highest BCUT2D eigenvalue weighted by molar-refractivity contribution is 8.00. The molecule has 2 aromatic rings. The lowest BCUT2D eigenvalue weighted by Crippen LogP contribution is -2.24. The number of benzene rings is 1. The van der Waals surface area contributed by atoms with Crippen LogP contribution in [0.3, 0.4) is 0 Å². The van der Waals surface area contributed by atoms with Crippen LogP contribution in [-0.4, -0.2) is 46.2 Å². The molecule has 0 aliphatic carbocycles. The summed E-state index contributed by atoms with van der Waals surface area (Å²) >= 11 is 1.23. The molecule has 142 valence electrons. The molecule has 0 aliphatic rings. The van der Waals surface area contributed by atoms with Crippen molar-refractivity contribution < 1.29 is 14.3 Å². The van der Waals surface area contributed by atoms with Crippen molar-refractivity contribution in [2.24, 2.45) is 0 Å². The van der Waals surface area contributed by atoms with Gasteiger partial charge in [-0.15, -0.1) is 5.10 Å². The Bertz CT molecular complexity index is 757. The van der Waals surface area contributed by atoms with Crippen LogP contribution in [0.2, 0.25) is 0 Å². The van der Waals surface area contributed by atoms with Crippen molar-refractivity contribution >= 4 is 23.4 Å². The first-order chi connectivity index (χ1) is 12.5. The summed E-state index contributed by atoms with van der Waals surface area (Å²) in [5.41, 5.74) is 0.396. The van der Waals surface area contributed by atoms with Gasteiger partial charge in [0.25, 0.3) is 0 Å². The molecule has 0 radical (unpaired) electrons. The van der Waals surface area contributed by atoms with Crippen LogP contribution in [0.5, 0.6) is 5.75 Å². The highest BCUT2D eigenvalue weighted by Gasteiger charge is 2.19. The molecule has 0 fully saturated rings. The molecule has 2 rings (SSSR count). The summed E-state index contributed by atoms with van der Waals surface area (Å²) in [5.74, 6) is 0.586. The average molecular weight is 380 g/mol. The first-order valence-corrected chi connectivity index (χ1v) is 9.27. The van der Waals surface area contributed by atoms with E-state index in [1.165, 1.54) is 16.3 Å². The Hall–Kier alpha value is -2.26. The van der Waals surface area contributed by atoms with Crippen molar-refractivity contribution in [1.82, 2.24) is 14.8 Å². The number of amides is 1. The van der Waals surface area contributed by atoms with E-state index in [4.69, 9.17) is 9.47 Å². The monoisotopic (exact) mass is 380 g/mol. The number of anilines is 1. The molecule has 0 unspecified atom stereocenters. The fourth-order valence-electron chi connectivity index (χ4n) is 2.21. The van der Waals surface area contributed by atoms with Gasteiger partial charge < -0.3 is 14.8 Å². The van der Waals surface area contributed by atoms with E-state index in [1.807, 2.05) is 6.92 Å². The smallest absolute Gasteiger partial charge is 0.343 e. The molecule has 1 amide bonds. The standard InChI is InChI=1S/C17H24N4O4S/c1-4-25-14-8-6-13(7-9-14)18-15(22)12(2)26-17-20-19-16(23)21(17)10-5-11-24-3/h6-9,12H,4-5,10-11H2,1-3H3,(H,18,22)(H,19,23)/t12-/m1/s1. The minimum Gasteiger partial charge on any atom is -0.494 e. The maximum absolute atomic E-state index is 12.4. The number of nitrogens with one attached hydrogen (secondary N) is 2. The van der Waals surface area contributed by atoms with Gasteiger partial charge in [0.1, 0.15) is 5.75 Å². The quantitative estimate of drug-likeness (QED) is 0.484. The molecule has 1 aromatic heterocycles. The van der Waals surface area contributed by atoms with Gasteiger partial charge in [0.05, 0.1) is 11.9 Å². The Kier molecular flexibility index (Phi) is 7.73. The van der Waals surface area contributed by atoms with Crippen molar-refractivity contribution in [3.63, 3.8) is 0 Å². The highest BCUT2D eigenvalue weighted by atomic mass is 32.2. The largest absolute Gasteiger partial charge is 0.494 e. The third-order valence-electron chi connectivity index (χ3n) is 3.54. The van der Waals surface area contributed by atoms with E-state index in [1.54, 1.807) is 38.3 Å². The summed E-state index contributed by atoms with van der Waals surface area (Å²) in [5, 5.41) is 9.35. The van der Waals surface area contributed by atoms with Crippen LogP contribution in [0.4, 0.5) is 5.69 Å². The zero-order chi connectivity index (χ0) is 18.9. The van der Waals surface area contributed by atoms with Crippen molar-refractivity contribution in [3.8, 4) is 5.75 Å². The Morgan fingerprint density at radius 1 is 1.38 bits per heavy atom. The SMILES string of the molecule is CCOc1ccc(NC(=O)[C@@H](C)Sc2n[nH]c(=O)n2CCCOC)cc1. The molecular formula is C17H24N4O4S. The molecule has 0 saturated carbocycles.